The summed E-state index contributed by atoms with van der Waals surface area (Å²) in [5, 5.41) is 4.53. The summed E-state index contributed by atoms with van der Waals surface area (Å²) in [5.74, 6) is 1.82. The van der Waals surface area contributed by atoms with Crippen LogP contribution in [-0.4, -0.2) is 19.5 Å². The molecule has 0 amide bonds. The first-order valence-electron chi connectivity index (χ1n) is 19.0. The van der Waals surface area contributed by atoms with E-state index < -0.39 is 0 Å². The Morgan fingerprint density at radius 2 is 0.895 bits per heavy atom. The average Bonchev–Trinajstić information content (AvgIpc) is 3.84. The van der Waals surface area contributed by atoms with Crippen molar-refractivity contribution in [1.82, 2.24) is 19.5 Å². The minimum absolute atomic E-state index is 0.583. The van der Waals surface area contributed by atoms with E-state index in [-0.39, 0.29) is 0 Å². The maximum atomic E-state index is 6.86. The Balaban J connectivity index is 1.04. The first-order valence-corrected chi connectivity index (χ1v) is 19.0. The van der Waals surface area contributed by atoms with Crippen LogP contribution in [0.2, 0.25) is 0 Å². The van der Waals surface area contributed by atoms with E-state index in [4.69, 9.17) is 19.4 Å². The summed E-state index contributed by atoms with van der Waals surface area (Å²) in [6.45, 7) is 0. The molecule has 0 N–H and O–H groups in total. The molecule has 57 heavy (non-hydrogen) atoms. The molecule has 11 rings (SSSR count). The van der Waals surface area contributed by atoms with Crippen molar-refractivity contribution in [1.29, 1.82) is 0 Å². The van der Waals surface area contributed by atoms with Gasteiger partial charge in [0.05, 0.1) is 16.7 Å². The molecule has 11 aromatic rings. The normalized spacial score (nSPS) is 11.5. The highest BCUT2D eigenvalue weighted by atomic mass is 16.3. The maximum Gasteiger partial charge on any atom is 0.164 e. The summed E-state index contributed by atoms with van der Waals surface area (Å²) in [6.07, 6.45) is 0. The molecule has 6 heteroatoms. The average molecular weight is 732 g/mol. The van der Waals surface area contributed by atoms with E-state index in [9.17, 15) is 0 Å². The van der Waals surface area contributed by atoms with Crippen LogP contribution in [0.5, 0.6) is 0 Å². The molecule has 268 valence electrons. The van der Waals surface area contributed by atoms with Gasteiger partial charge in [0, 0.05) is 55.3 Å². The summed E-state index contributed by atoms with van der Waals surface area (Å²) in [6, 6.07) is 69.1. The topological polar surface area (TPSA) is 60.0 Å². The SMILES string of the molecule is c1ccc(-c2nc(-c3ccccc3)nc(-c3ccc4c(c3)oc3c(N(c5ccccc5)c5ccc(-n6c7ccccc7c7ccccc76)cc5)cccc34)n2)cc1. The number of nitrogens with zero attached hydrogens (tertiary/aromatic N) is 5. The Hall–Kier alpha value is -7.83. The fourth-order valence-electron chi connectivity index (χ4n) is 7.99. The van der Waals surface area contributed by atoms with Crippen molar-refractivity contribution in [3.05, 3.63) is 200 Å². The minimum Gasteiger partial charge on any atom is -0.454 e. The van der Waals surface area contributed by atoms with Crippen LogP contribution < -0.4 is 4.90 Å². The van der Waals surface area contributed by atoms with Crippen LogP contribution in [0, 0.1) is 0 Å². The number of benzene rings is 8. The van der Waals surface area contributed by atoms with Crippen molar-refractivity contribution in [3.8, 4) is 39.9 Å². The predicted octanol–water partition coefficient (Wildman–Crippen LogP) is 13.3. The van der Waals surface area contributed by atoms with Gasteiger partial charge in [0.25, 0.3) is 0 Å². The van der Waals surface area contributed by atoms with Crippen molar-refractivity contribution in [2.24, 2.45) is 0 Å². The lowest BCUT2D eigenvalue weighted by Gasteiger charge is -2.25. The minimum atomic E-state index is 0.583. The van der Waals surface area contributed by atoms with Gasteiger partial charge in [0.2, 0.25) is 0 Å². The molecule has 0 bridgehead atoms. The van der Waals surface area contributed by atoms with Gasteiger partial charge in [0.15, 0.2) is 23.1 Å². The summed E-state index contributed by atoms with van der Waals surface area (Å²) >= 11 is 0. The number of para-hydroxylation sites is 4. The van der Waals surface area contributed by atoms with Gasteiger partial charge < -0.3 is 13.9 Å². The van der Waals surface area contributed by atoms with E-state index in [1.165, 1.54) is 21.8 Å². The second-order valence-corrected chi connectivity index (χ2v) is 14.1. The molecule has 0 saturated heterocycles. The number of anilines is 3. The highest BCUT2D eigenvalue weighted by Crippen LogP contribution is 2.43. The number of rotatable bonds is 7. The van der Waals surface area contributed by atoms with E-state index in [1.807, 2.05) is 72.8 Å². The first kappa shape index (κ1) is 32.6. The van der Waals surface area contributed by atoms with E-state index in [1.54, 1.807) is 0 Å². The molecule has 0 aliphatic rings. The van der Waals surface area contributed by atoms with Crippen molar-refractivity contribution >= 4 is 60.8 Å². The van der Waals surface area contributed by atoms with Gasteiger partial charge in [-0.25, -0.2) is 15.0 Å². The second-order valence-electron chi connectivity index (χ2n) is 14.1. The Morgan fingerprint density at radius 1 is 0.386 bits per heavy atom. The fraction of sp³-hybridized carbons (Fsp3) is 0. The molecule has 8 aromatic carbocycles. The van der Waals surface area contributed by atoms with Gasteiger partial charge in [-0.15, -0.1) is 0 Å². The lowest BCUT2D eigenvalue weighted by Crippen LogP contribution is -2.10. The zero-order valence-electron chi connectivity index (χ0n) is 30.7. The van der Waals surface area contributed by atoms with E-state index in [2.05, 4.69) is 137 Å². The van der Waals surface area contributed by atoms with Crippen molar-refractivity contribution in [3.63, 3.8) is 0 Å². The third-order valence-electron chi connectivity index (χ3n) is 10.6. The van der Waals surface area contributed by atoms with Gasteiger partial charge in [0.1, 0.15) is 5.58 Å². The van der Waals surface area contributed by atoms with Crippen LogP contribution in [0.25, 0.3) is 83.6 Å². The van der Waals surface area contributed by atoms with Gasteiger partial charge >= 0.3 is 0 Å². The summed E-state index contributed by atoms with van der Waals surface area (Å²) < 4.78 is 9.21. The molecule has 0 aliphatic carbocycles. The third-order valence-corrected chi connectivity index (χ3v) is 10.6. The first-order chi connectivity index (χ1) is 28.3. The van der Waals surface area contributed by atoms with Crippen LogP contribution in [0.1, 0.15) is 0 Å². The Morgan fingerprint density at radius 3 is 1.51 bits per heavy atom. The molecule has 0 atom stereocenters. The van der Waals surface area contributed by atoms with Gasteiger partial charge in [-0.1, -0.05) is 133 Å². The zero-order chi connectivity index (χ0) is 37.7. The lowest BCUT2D eigenvalue weighted by molar-refractivity contribution is 0.669. The summed E-state index contributed by atoms with van der Waals surface area (Å²) in [7, 11) is 0. The molecular weight excluding hydrogens is 699 g/mol. The van der Waals surface area contributed by atoms with Crippen LogP contribution in [0.4, 0.5) is 17.1 Å². The quantitative estimate of drug-likeness (QED) is 0.163. The molecule has 3 aromatic heterocycles. The lowest BCUT2D eigenvalue weighted by atomic mass is 10.1. The third kappa shape index (κ3) is 5.62. The van der Waals surface area contributed by atoms with Gasteiger partial charge in [-0.05, 0) is 66.7 Å². The van der Waals surface area contributed by atoms with E-state index in [0.717, 1.165) is 61.4 Å². The van der Waals surface area contributed by atoms with Gasteiger partial charge in [-0.2, -0.15) is 0 Å². The largest absolute Gasteiger partial charge is 0.454 e. The number of hydrogen-bond donors (Lipinski definition) is 0. The molecule has 0 aliphatic heterocycles. The standard InChI is InChI=1S/C51H33N5O/c1-4-15-34(16-5-1)49-52-50(35-17-6-2-7-18-35)54-51(53-49)36-27-32-42-43-23-14-26-46(48(43)57-47(42)33-36)55(37-19-8-3-9-20-37)38-28-30-39(31-29-38)56-44-24-12-10-21-40(44)41-22-11-13-25-45(41)56/h1-33H. The smallest absolute Gasteiger partial charge is 0.164 e. The highest BCUT2D eigenvalue weighted by Gasteiger charge is 2.21. The highest BCUT2D eigenvalue weighted by molar-refractivity contribution is 6.11. The van der Waals surface area contributed by atoms with Crippen LogP contribution in [-0.2, 0) is 0 Å². The molecule has 0 unspecified atom stereocenters. The Bertz CT molecular complexity index is 3120. The number of hydrogen-bond acceptors (Lipinski definition) is 5. The fourth-order valence-corrected chi connectivity index (χ4v) is 7.99. The van der Waals surface area contributed by atoms with Crippen molar-refractivity contribution < 1.29 is 4.42 Å². The van der Waals surface area contributed by atoms with E-state index >= 15 is 0 Å². The van der Waals surface area contributed by atoms with Gasteiger partial charge in [-0.3, -0.25) is 0 Å². The summed E-state index contributed by atoms with van der Waals surface area (Å²) in [4.78, 5) is 17.1. The molecule has 0 radical (unpaired) electrons. The number of furan rings is 1. The second kappa shape index (κ2) is 13.5. The summed E-state index contributed by atoms with van der Waals surface area (Å²) in [5.41, 5.74) is 10.7. The Labute approximate surface area is 328 Å². The van der Waals surface area contributed by atoms with Crippen LogP contribution in [0.3, 0.4) is 0 Å². The Kier molecular flexibility index (Phi) is 7.71. The predicted molar refractivity (Wildman–Crippen MR) is 232 cm³/mol. The molecule has 0 fully saturated rings. The number of aromatic nitrogens is 4. The van der Waals surface area contributed by atoms with Crippen LogP contribution >= 0.6 is 0 Å². The molecule has 0 spiro atoms. The maximum absolute atomic E-state index is 6.86. The molecule has 6 nitrogen and oxygen atoms in total. The molecular formula is C51H33N5O. The number of fused-ring (bicyclic) bond motifs is 6. The zero-order valence-corrected chi connectivity index (χ0v) is 30.7. The van der Waals surface area contributed by atoms with Crippen LogP contribution in [0.15, 0.2) is 205 Å². The molecule has 0 saturated carbocycles. The molecule has 3 heterocycles. The van der Waals surface area contributed by atoms with E-state index in [0.29, 0.717) is 17.5 Å². The van der Waals surface area contributed by atoms with Crippen molar-refractivity contribution in [2.45, 2.75) is 0 Å². The van der Waals surface area contributed by atoms with Crippen molar-refractivity contribution in [2.75, 3.05) is 4.90 Å². The monoisotopic (exact) mass is 731 g/mol.